The number of carbonyl (C=O) groups excluding carboxylic acids is 1. The first-order valence-electron chi connectivity index (χ1n) is 8.49. The van der Waals surface area contributed by atoms with Crippen LogP contribution < -0.4 is 0 Å². The number of benzene rings is 1. The first-order chi connectivity index (χ1) is 11.7. The highest BCUT2D eigenvalue weighted by Gasteiger charge is 2.34. The number of hydrogen-bond acceptors (Lipinski definition) is 6. The number of carbonyl (C=O) groups is 1. The Hall–Kier alpha value is -1.44. The van der Waals surface area contributed by atoms with Crippen molar-refractivity contribution in [3.63, 3.8) is 0 Å². The van der Waals surface area contributed by atoms with Gasteiger partial charge in [-0.05, 0) is 32.3 Å². The molecule has 0 bridgehead atoms. The second-order valence-corrected chi connectivity index (χ2v) is 8.20. The van der Waals surface area contributed by atoms with E-state index >= 15 is 0 Å². The average Bonchev–Trinajstić information content (AvgIpc) is 2.99. The fraction of sp³-hybridized carbons (Fsp3) is 0.611. The van der Waals surface area contributed by atoms with E-state index in [9.17, 15) is 13.2 Å². The molecule has 0 saturated carbocycles. The Bertz CT molecular complexity index is 657. The molecule has 1 saturated heterocycles. The molecule has 0 aromatic heterocycles. The standard InChI is InChI=1S/C18H26O6S/c1-13(24-25(3,20)21)11-16-9-10-17(23-16)14(2)18(19)22-12-15-7-5-4-6-8-15/h4-8,13-14,16-17H,9-12H2,1-3H3/t13-,14-,16+,17-/m1/s1. The highest BCUT2D eigenvalue weighted by Crippen LogP contribution is 2.29. The Morgan fingerprint density at radius 2 is 1.92 bits per heavy atom. The van der Waals surface area contributed by atoms with Gasteiger partial charge in [-0.1, -0.05) is 30.3 Å². The van der Waals surface area contributed by atoms with Crippen molar-refractivity contribution in [2.45, 2.75) is 58.0 Å². The Morgan fingerprint density at radius 3 is 2.56 bits per heavy atom. The molecule has 0 radical (unpaired) electrons. The van der Waals surface area contributed by atoms with E-state index in [-0.39, 0.29) is 30.7 Å². The van der Waals surface area contributed by atoms with Crippen molar-refractivity contribution in [1.82, 2.24) is 0 Å². The van der Waals surface area contributed by atoms with Gasteiger partial charge in [-0.25, -0.2) is 0 Å². The highest BCUT2D eigenvalue weighted by molar-refractivity contribution is 7.86. The van der Waals surface area contributed by atoms with E-state index in [1.807, 2.05) is 30.3 Å². The summed E-state index contributed by atoms with van der Waals surface area (Å²) in [6.45, 7) is 3.76. The van der Waals surface area contributed by atoms with Gasteiger partial charge in [-0.3, -0.25) is 8.98 Å². The molecule has 1 aromatic carbocycles. The topological polar surface area (TPSA) is 78.9 Å². The van der Waals surface area contributed by atoms with Gasteiger partial charge in [0.15, 0.2) is 0 Å². The molecule has 1 aliphatic heterocycles. The molecule has 1 heterocycles. The molecular weight excluding hydrogens is 344 g/mol. The molecule has 0 unspecified atom stereocenters. The highest BCUT2D eigenvalue weighted by atomic mass is 32.2. The summed E-state index contributed by atoms with van der Waals surface area (Å²) < 4.78 is 38.5. The average molecular weight is 370 g/mol. The Balaban J connectivity index is 1.77. The van der Waals surface area contributed by atoms with Crippen LogP contribution in [-0.4, -0.2) is 39.0 Å². The van der Waals surface area contributed by atoms with Crippen molar-refractivity contribution in [2.24, 2.45) is 5.92 Å². The Morgan fingerprint density at radius 1 is 1.24 bits per heavy atom. The summed E-state index contributed by atoms with van der Waals surface area (Å²) >= 11 is 0. The molecule has 1 aliphatic rings. The zero-order valence-corrected chi connectivity index (χ0v) is 15.7. The smallest absolute Gasteiger partial charge is 0.311 e. The van der Waals surface area contributed by atoms with Gasteiger partial charge in [-0.2, -0.15) is 8.42 Å². The van der Waals surface area contributed by atoms with Gasteiger partial charge in [0.1, 0.15) is 6.61 Å². The van der Waals surface area contributed by atoms with E-state index in [1.165, 1.54) is 0 Å². The van der Waals surface area contributed by atoms with Crippen molar-refractivity contribution >= 4 is 16.1 Å². The maximum atomic E-state index is 12.2. The van der Waals surface area contributed by atoms with Gasteiger partial charge in [0.2, 0.25) is 0 Å². The molecule has 7 heteroatoms. The van der Waals surface area contributed by atoms with Crippen LogP contribution in [0.4, 0.5) is 0 Å². The fourth-order valence-corrected chi connectivity index (χ4v) is 3.67. The van der Waals surface area contributed by atoms with Crippen molar-refractivity contribution in [2.75, 3.05) is 6.26 Å². The van der Waals surface area contributed by atoms with E-state index in [2.05, 4.69) is 0 Å². The van der Waals surface area contributed by atoms with Crippen LogP contribution >= 0.6 is 0 Å². The first-order valence-corrected chi connectivity index (χ1v) is 10.3. The third-order valence-corrected chi connectivity index (χ3v) is 4.91. The molecule has 4 atom stereocenters. The normalized spacial score (nSPS) is 23.2. The number of esters is 1. The summed E-state index contributed by atoms with van der Waals surface area (Å²) in [5.41, 5.74) is 0.944. The molecule has 140 valence electrons. The van der Waals surface area contributed by atoms with E-state index in [4.69, 9.17) is 13.7 Å². The van der Waals surface area contributed by atoms with E-state index < -0.39 is 16.2 Å². The van der Waals surface area contributed by atoms with Crippen LogP contribution in [0.2, 0.25) is 0 Å². The van der Waals surface area contributed by atoms with Crippen molar-refractivity contribution in [3.05, 3.63) is 35.9 Å². The van der Waals surface area contributed by atoms with Crippen LogP contribution in [-0.2, 0) is 35.2 Å². The third-order valence-electron chi connectivity index (χ3n) is 4.23. The minimum atomic E-state index is -3.47. The zero-order valence-electron chi connectivity index (χ0n) is 14.9. The van der Waals surface area contributed by atoms with Gasteiger partial charge in [0.05, 0.1) is 30.5 Å². The van der Waals surface area contributed by atoms with E-state index in [0.717, 1.165) is 24.7 Å². The minimum absolute atomic E-state index is 0.105. The van der Waals surface area contributed by atoms with Gasteiger partial charge < -0.3 is 9.47 Å². The van der Waals surface area contributed by atoms with E-state index in [1.54, 1.807) is 13.8 Å². The van der Waals surface area contributed by atoms with Gasteiger partial charge >= 0.3 is 5.97 Å². The number of rotatable bonds is 8. The second-order valence-electron chi connectivity index (χ2n) is 6.60. The minimum Gasteiger partial charge on any atom is -0.461 e. The lowest BCUT2D eigenvalue weighted by Crippen LogP contribution is -2.28. The molecule has 0 spiro atoms. The first kappa shape index (κ1) is 19.9. The van der Waals surface area contributed by atoms with Crippen LogP contribution in [0.5, 0.6) is 0 Å². The lowest BCUT2D eigenvalue weighted by atomic mass is 10.0. The summed E-state index contributed by atoms with van der Waals surface area (Å²) in [6, 6.07) is 9.52. The number of ether oxygens (including phenoxy) is 2. The lowest BCUT2D eigenvalue weighted by molar-refractivity contribution is -0.154. The van der Waals surface area contributed by atoms with Gasteiger partial charge in [0, 0.05) is 6.42 Å². The van der Waals surface area contributed by atoms with Crippen LogP contribution in [0, 0.1) is 5.92 Å². The summed E-state index contributed by atoms with van der Waals surface area (Å²) in [7, 11) is -3.47. The summed E-state index contributed by atoms with van der Waals surface area (Å²) in [4.78, 5) is 12.2. The van der Waals surface area contributed by atoms with Crippen LogP contribution in [0.25, 0.3) is 0 Å². The molecule has 0 N–H and O–H groups in total. The third kappa shape index (κ3) is 6.76. The Kier molecular flexibility index (Phi) is 6.98. The largest absolute Gasteiger partial charge is 0.461 e. The molecule has 1 fully saturated rings. The molecule has 2 rings (SSSR count). The maximum Gasteiger partial charge on any atom is 0.311 e. The molecule has 0 aliphatic carbocycles. The summed E-state index contributed by atoms with van der Waals surface area (Å²) in [5.74, 6) is -0.644. The van der Waals surface area contributed by atoms with Crippen molar-refractivity contribution in [3.8, 4) is 0 Å². The van der Waals surface area contributed by atoms with Gasteiger partial charge in [0.25, 0.3) is 10.1 Å². The zero-order chi connectivity index (χ0) is 18.4. The quantitative estimate of drug-likeness (QED) is 0.517. The SMILES string of the molecule is C[C@H](C[C@@H]1CC[C@H]([C@@H](C)C(=O)OCc2ccccc2)O1)OS(C)(=O)=O. The van der Waals surface area contributed by atoms with Crippen LogP contribution in [0.1, 0.15) is 38.7 Å². The lowest BCUT2D eigenvalue weighted by Gasteiger charge is -2.20. The molecule has 1 aromatic rings. The molecule has 0 amide bonds. The fourth-order valence-electron chi connectivity index (χ4n) is 2.99. The molecule has 25 heavy (non-hydrogen) atoms. The Labute approximate surface area is 149 Å². The summed E-state index contributed by atoms with van der Waals surface area (Å²) in [5, 5.41) is 0. The van der Waals surface area contributed by atoms with E-state index in [0.29, 0.717) is 6.42 Å². The van der Waals surface area contributed by atoms with Crippen molar-refractivity contribution in [1.29, 1.82) is 0 Å². The van der Waals surface area contributed by atoms with Gasteiger partial charge in [-0.15, -0.1) is 0 Å². The maximum absolute atomic E-state index is 12.2. The van der Waals surface area contributed by atoms with Crippen molar-refractivity contribution < 1.29 is 26.9 Å². The summed E-state index contributed by atoms with van der Waals surface area (Å²) in [6.07, 6.45) is 2.28. The predicted molar refractivity (Wildman–Crippen MR) is 93.3 cm³/mol. The molecular formula is C18H26O6S. The monoisotopic (exact) mass is 370 g/mol. The molecule has 6 nitrogen and oxygen atoms in total. The van der Waals surface area contributed by atoms with Crippen LogP contribution in [0.15, 0.2) is 30.3 Å². The second kappa shape index (κ2) is 8.78. The predicted octanol–water partition coefficient (Wildman–Crippen LogP) is 2.67. The van der Waals surface area contributed by atoms with Crippen LogP contribution in [0.3, 0.4) is 0 Å². The number of hydrogen-bond donors (Lipinski definition) is 0.